The van der Waals surface area contributed by atoms with Crippen LogP contribution < -0.4 is 0 Å². The van der Waals surface area contributed by atoms with Gasteiger partial charge in [-0.05, 0) is 31.4 Å². The molecule has 1 aliphatic carbocycles. The molecule has 4 rings (SSSR count). The lowest BCUT2D eigenvalue weighted by Gasteiger charge is -2.22. The van der Waals surface area contributed by atoms with Crippen LogP contribution in [0.3, 0.4) is 0 Å². The molecular weight excluding hydrogens is 286 g/mol. The predicted molar refractivity (Wildman–Crippen MR) is 93.4 cm³/mol. The average Bonchev–Trinajstić information content (AvgIpc) is 2.95. The molecule has 0 spiro atoms. The van der Waals surface area contributed by atoms with Gasteiger partial charge in [0.1, 0.15) is 0 Å². The van der Waals surface area contributed by atoms with E-state index in [1.807, 2.05) is 6.07 Å². The van der Waals surface area contributed by atoms with Gasteiger partial charge in [-0.1, -0.05) is 42.5 Å². The second kappa shape index (κ2) is 5.84. The van der Waals surface area contributed by atoms with E-state index >= 15 is 0 Å². The first-order valence-corrected chi connectivity index (χ1v) is 8.18. The van der Waals surface area contributed by atoms with Crippen molar-refractivity contribution in [3.63, 3.8) is 0 Å². The molecule has 2 aromatic carbocycles. The van der Waals surface area contributed by atoms with Crippen LogP contribution in [0.1, 0.15) is 37.2 Å². The van der Waals surface area contributed by atoms with E-state index in [0.717, 1.165) is 24.8 Å². The third-order valence-corrected chi connectivity index (χ3v) is 4.85. The van der Waals surface area contributed by atoms with E-state index in [-0.39, 0.29) is 0 Å². The smallest absolute Gasteiger partial charge is 0.180 e. The monoisotopic (exact) mass is 307 g/mol. The molecule has 0 radical (unpaired) electrons. The Bertz CT molecular complexity index is 878. The normalized spacial score (nSPS) is 19.5. The number of hydrogen-bond donors (Lipinski definition) is 1. The number of hydrogen-bond acceptors (Lipinski definition) is 2. The summed E-state index contributed by atoms with van der Waals surface area (Å²) >= 11 is 0. The van der Waals surface area contributed by atoms with Gasteiger partial charge < -0.3 is 14.4 Å². The van der Waals surface area contributed by atoms with E-state index in [9.17, 15) is 5.11 Å². The van der Waals surface area contributed by atoms with Gasteiger partial charge in [0, 0.05) is 40.5 Å². The maximum absolute atomic E-state index is 10.0. The Labute approximate surface area is 135 Å². The van der Waals surface area contributed by atoms with Crippen LogP contribution in [0, 0.1) is 0 Å². The van der Waals surface area contributed by atoms with Gasteiger partial charge >= 0.3 is 0 Å². The van der Waals surface area contributed by atoms with Gasteiger partial charge in [0.25, 0.3) is 0 Å². The van der Waals surface area contributed by atoms with Crippen molar-refractivity contribution in [2.45, 2.75) is 31.6 Å². The molecule has 2 atom stereocenters. The Hall–Kier alpha value is -2.10. The molecule has 3 nitrogen and oxygen atoms in total. The van der Waals surface area contributed by atoms with Gasteiger partial charge in [0.05, 0.1) is 0 Å². The number of nitrogens with zero attached hydrogens (tertiary/aromatic N) is 1. The topological polar surface area (TPSA) is 34.4 Å². The van der Waals surface area contributed by atoms with E-state index in [4.69, 9.17) is 4.74 Å². The Balaban J connectivity index is 2.00. The molecule has 1 heterocycles. The Morgan fingerprint density at radius 2 is 1.91 bits per heavy atom. The van der Waals surface area contributed by atoms with Crippen molar-refractivity contribution in [1.29, 1.82) is 0 Å². The van der Waals surface area contributed by atoms with Crippen molar-refractivity contribution < 1.29 is 9.84 Å². The van der Waals surface area contributed by atoms with Gasteiger partial charge in [-0.15, -0.1) is 0 Å². The first-order valence-electron chi connectivity index (χ1n) is 8.18. The molecule has 0 fully saturated rings. The molecule has 1 aromatic heterocycles. The summed E-state index contributed by atoms with van der Waals surface area (Å²) in [6.07, 6.45) is 7.01. The SMILES string of the molecule is COC(O)c1ccc2c3ccccc3n(C3CC=CCC3)c2c1. The Morgan fingerprint density at radius 3 is 2.70 bits per heavy atom. The Kier molecular flexibility index (Phi) is 3.68. The minimum absolute atomic E-state index is 0.470. The summed E-state index contributed by atoms with van der Waals surface area (Å²) in [7, 11) is 1.52. The number of para-hydroxylation sites is 1. The van der Waals surface area contributed by atoms with E-state index < -0.39 is 6.29 Å². The molecular formula is C20H21NO2. The van der Waals surface area contributed by atoms with Crippen LogP contribution in [0.25, 0.3) is 21.8 Å². The van der Waals surface area contributed by atoms with Crippen molar-refractivity contribution in [1.82, 2.24) is 4.57 Å². The number of aromatic nitrogens is 1. The van der Waals surface area contributed by atoms with Crippen molar-refractivity contribution in [3.05, 3.63) is 60.2 Å². The zero-order valence-corrected chi connectivity index (χ0v) is 13.3. The minimum Gasteiger partial charge on any atom is -0.364 e. The fraction of sp³-hybridized carbons (Fsp3) is 0.300. The molecule has 118 valence electrons. The molecule has 23 heavy (non-hydrogen) atoms. The number of aliphatic hydroxyl groups is 1. The van der Waals surface area contributed by atoms with Crippen molar-refractivity contribution in [3.8, 4) is 0 Å². The number of aliphatic hydroxyl groups excluding tert-OH is 1. The van der Waals surface area contributed by atoms with E-state index in [0.29, 0.717) is 6.04 Å². The number of fused-ring (bicyclic) bond motifs is 3. The quantitative estimate of drug-likeness (QED) is 0.561. The van der Waals surface area contributed by atoms with Crippen LogP contribution in [0.5, 0.6) is 0 Å². The third kappa shape index (κ3) is 2.37. The number of benzene rings is 2. The molecule has 1 N–H and O–H groups in total. The van der Waals surface area contributed by atoms with E-state index in [1.165, 1.54) is 28.9 Å². The largest absolute Gasteiger partial charge is 0.364 e. The van der Waals surface area contributed by atoms with Gasteiger partial charge in [-0.2, -0.15) is 0 Å². The highest BCUT2D eigenvalue weighted by Crippen LogP contribution is 2.37. The second-order valence-electron chi connectivity index (χ2n) is 6.19. The van der Waals surface area contributed by atoms with Crippen LogP contribution in [0.15, 0.2) is 54.6 Å². The van der Waals surface area contributed by atoms with Crippen LogP contribution >= 0.6 is 0 Å². The summed E-state index contributed by atoms with van der Waals surface area (Å²) in [5.74, 6) is 0. The third-order valence-electron chi connectivity index (χ3n) is 4.85. The molecule has 3 heteroatoms. The van der Waals surface area contributed by atoms with Gasteiger partial charge in [-0.25, -0.2) is 0 Å². The second-order valence-corrected chi connectivity index (χ2v) is 6.19. The van der Waals surface area contributed by atoms with Gasteiger partial charge in [-0.3, -0.25) is 0 Å². The molecule has 0 bridgehead atoms. The fourth-order valence-electron chi connectivity index (χ4n) is 3.71. The van der Waals surface area contributed by atoms with Crippen LogP contribution in [-0.4, -0.2) is 16.8 Å². The van der Waals surface area contributed by atoms with Crippen LogP contribution in [0.2, 0.25) is 0 Å². The zero-order chi connectivity index (χ0) is 15.8. The van der Waals surface area contributed by atoms with E-state index in [2.05, 4.69) is 53.1 Å². The number of allylic oxidation sites excluding steroid dienone is 2. The lowest BCUT2D eigenvalue weighted by molar-refractivity contribution is -0.0768. The molecule has 0 amide bonds. The highest BCUT2D eigenvalue weighted by atomic mass is 16.6. The molecule has 2 unspecified atom stereocenters. The lowest BCUT2D eigenvalue weighted by Crippen LogP contribution is -2.10. The summed E-state index contributed by atoms with van der Waals surface area (Å²) in [5, 5.41) is 12.5. The highest BCUT2D eigenvalue weighted by molar-refractivity contribution is 6.08. The summed E-state index contributed by atoms with van der Waals surface area (Å²) in [5.41, 5.74) is 3.25. The maximum atomic E-state index is 10.0. The number of methoxy groups -OCH3 is 1. The average molecular weight is 307 g/mol. The van der Waals surface area contributed by atoms with Crippen LogP contribution in [-0.2, 0) is 4.74 Å². The first kappa shape index (κ1) is 14.5. The van der Waals surface area contributed by atoms with Gasteiger partial charge in [0.2, 0.25) is 0 Å². The molecule has 0 saturated heterocycles. The molecule has 0 saturated carbocycles. The maximum Gasteiger partial charge on any atom is 0.180 e. The number of rotatable bonds is 3. The van der Waals surface area contributed by atoms with Crippen LogP contribution in [0.4, 0.5) is 0 Å². The summed E-state index contributed by atoms with van der Waals surface area (Å²) in [6, 6.07) is 15.2. The summed E-state index contributed by atoms with van der Waals surface area (Å²) < 4.78 is 7.52. The summed E-state index contributed by atoms with van der Waals surface area (Å²) in [6.45, 7) is 0. The highest BCUT2D eigenvalue weighted by Gasteiger charge is 2.19. The van der Waals surface area contributed by atoms with Crippen molar-refractivity contribution in [2.24, 2.45) is 0 Å². The lowest BCUT2D eigenvalue weighted by atomic mass is 10.0. The first-order chi connectivity index (χ1) is 11.3. The molecule has 1 aliphatic rings. The predicted octanol–water partition coefficient (Wildman–Crippen LogP) is 4.71. The van der Waals surface area contributed by atoms with Crippen molar-refractivity contribution in [2.75, 3.05) is 7.11 Å². The molecule has 3 aromatic rings. The van der Waals surface area contributed by atoms with E-state index in [1.54, 1.807) is 0 Å². The standard InChI is InChI=1S/C20H21NO2/c1-23-20(22)14-11-12-17-16-9-5-6-10-18(16)21(19(17)13-14)15-7-3-2-4-8-15/h2-3,5-6,9-13,15,20,22H,4,7-8H2,1H3. The number of ether oxygens (including phenoxy) is 1. The fourth-order valence-corrected chi connectivity index (χ4v) is 3.71. The van der Waals surface area contributed by atoms with Gasteiger partial charge in [0.15, 0.2) is 6.29 Å². The minimum atomic E-state index is -0.878. The molecule has 0 aliphatic heterocycles. The summed E-state index contributed by atoms with van der Waals surface area (Å²) in [4.78, 5) is 0. The zero-order valence-electron chi connectivity index (χ0n) is 13.3. The Morgan fingerprint density at radius 1 is 1.09 bits per heavy atom. The van der Waals surface area contributed by atoms with Crippen molar-refractivity contribution >= 4 is 21.8 Å².